The third-order valence-electron chi connectivity index (χ3n) is 3.64. The van der Waals surface area contributed by atoms with Crippen LogP contribution in [0.15, 0.2) is 18.2 Å². The van der Waals surface area contributed by atoms with Crippen molar-refractivity contribution >= 4 is 17.3 Å². The van der Waals surface area contributed by atoms with E-state index in [-0.39, 0.29) is 17.3 Å². The number of rotatable bonds is 3. The highest BCUT2D eigenvalue weighted by Gasteiger charge is 2.27. The molecule has 2 unspecified atom stereocenters. The quantitative estimate of drug-likeness (QED) is 0.495. The van der Waals surface area contributed by atoms with E-state index in [1.165, 1.54) is 18.2 Å². The van der Waals surface area contributed by atoms with E-state index in [2.05, 4.69) is 12.2 Å². The van der Waals surface area contributed by atoms with Crippen LogP contribution in [0.3, 0.4) is 0 Å². The summed E-state index contributed by atoms with van der Waals surface area (Å²) in [5.74, 6) is -0.0122. The first-order valence-corrected chi connectivity index (χ1v) is 6.34. The van der Waals surface area contributed by atoms with Crippen LogP contribution in [-0.2, 0) is 0 Å². The summed E-state index contributed by atoms with van der Waals surface area (Å²) in [6.07, 6.45) is 3.07. The smallest absolute Gasteiger partial charge is 0.282 e. The minimum absolute atomic E-state index is 0.0316. The Kier molecular flexibility index (Phi) is 3.69. The molecule has 0 bridgehead atoms. The van der Waals surface area contributed by atoms with Crippen LogP contribution in [0.4, 0.5) is 11.4 Å². The van der Waals surface area contributed by atoms with Crippen molar-refractivity contribution in [2.75, 3.05) is 5.73 Å². The Morgan fingerprint density at radius 2 is 2.21 bits per heavy atom. The molecule has 1 aliphatic rings. The molecule has 1 aromatic rings. The highest BCUT2D eigenvalue weighted by molar-refractivity contribution is 5.99. The summed E-state index contributed by atoms with van der Waals surface area (Å²) in [5.41, 5.74) is 5.76. The van der Waals surface area contributed by atoms with Crippen LogP contribution in [0.5, 0.6) is 0 Å². The number of carbonyl (C=O) groups excluding carboxylic acids is 1. The van der Waals surface area contributed by atoms with Crippen LogP contribution in [-0.4, -0.2) is 16.9 Å². The van der Waals surface area contributed by atoms with Crippen LogP contribution in [0.2, 0.25) is 0 Å². The Bertz CT molecular complexity index is 516. The molecule has 102 valence electrons. The Morgan fingerprint density at radius 1 is 1.47 bits per heavy atom. The molecule has 1 fully saturated rings. The number of carbonyl (C=O) groups is 1. The van der Waals surface area contributed by atoms with Gasteiger partial charge in [0.05, 0.1) is 4.92 Å². The lowest BCUT2D eigenvalue weighted by atomic mass is 10.1. The number of benzene rings is 1. The summed E-state index contributed by atoms with van der Waals surface area (Å²) in [6, 6.07) is 4.14. The van der Waals surface area contributed by atoms with Crippen LogP contribution < -0.4 is 11.1 Å². The summed E-state index contributed by atoms with van der Waals surface area (Å²) >= 11 is 0. The van der Waals surface area contributed by atoms with E-state index < -0.39 is 10.8 Å². The topological polar surface area (TPSA) is 98.3 Å². The third-order valence-corrected chi connectivity index (χ3v) is 3.64. The molecule has 1 amide bonds. The fourth-order valence-corrected chi connectivity index (χ4v) is 2.50. The van der Waals surface area contributed by atoms with Gasteiger partial charge in [0.2, 0.25) is 0 Å². The summed E-state index contributed by atoms with van der Waals surface area (Å²) in [6.45, 7) is 2.08. The lowest BCUT2D eigenvalue weighted by Crippen LogP contribution is -2.36. The molecule has 2 atom stereocenters. The van der Waals surface area contributed by atoms with Gasteiger partial charge < -0.3 is 11.1 Å². The second kappa shape index (κ2) is 5.26. The number of nitrogens with two attached hydrogens (primary N) is 1. The number of nitrogens with one attached hydrogen (secondary N) is 1. The van der Waals surface area contributed by atoms with Gasteiger partial charge in [-0.05, 0) is 30.9 Å². The van der Waals surface area contributed by atoms with Gasteiger partial charge in [-0.15, -0.1) is 0 Å². The van der Waals surface area contributed by atoms with Crippen molar-refractivity contribution in [3.05, 3.63) is 33.9 Å². The van der Waals surface area contributed by atoms with Crippen LogP contribution in [0.25, 0.3) is 0 Å². The summed E-state index contributed by atoms with van der Waals surface area (Å²) < 4.78 is 0. The molecule has 1 aromatic carbocycles. The number of nitro groups is 1. The molecule has 0 heterocycles. The summed E-state index contributed by atoms with van der Waals surface area (Å²) in [7, 11) is 0. The van der Waals surface area contributed by atoms with Crippen LogP contribution in [0, 0.1) is 16.0 Å². The van der Waals surface area contributed by atoms with Gasteiger partial charge in [0, 0.05) is 17.8 Å². The van der Waals surface area contributed by atoms with Crippen molar-refractivity contribution in [3.63, 3.8) is 0 Å². The summed E-state index contributed by atoms with van der Waals surface area (Å²) in [5, 5.41) is 13.8. The Hall–Kier alpha value is -2.11. The van der Waals surface area contributed by atoms with Gasteiger partial charge in [-0.25, -0.2) is 0 Å². The number of amides is 1. The average Bonchev–Trinajstić information content (AvgIpc) is 2.74. The average molecular weight is 263 g/mol. The fourth-order valence-electron chi connectivity index (χ4n) is 2.50. The van der Waals surface area contributed by atoms with E-state index in [4.69, 9.17) is 5.73 Å². The van der Waals surface area contributed by atoms with E-state index in [1.807, 2.05) is 0 Å². The molecule has 2 rings (SSSR count). The van der Waals surface area contributed by atoms with Crippen molar-refractivity contribution in [2.24, 2.45) is 5.92 Å². The fraction of sp³-hybridized carbons (Fsp3) is 0.462. The Morgan fingerprint density at radius 3 is 2.79 bits per heavy atom. The SMILES string of the molecule is CC1CCCC1NC(=O)c1cc(N)ccc1[N+](=O)[O-]. The normalized spacial score (nSPS) is 22.2. The minimum atomic E-state index is -0.563. The second-order valence-electron chi connectivity index (χ2n) is 5.02. The predicted octanol–water partition coefficient (Wildman–Crippen LogP) is 2.10. The highest BCUT2D eigenvalue weighted by atomic mass is 16.6. The van der Waals surface area contributed by atoms with E-state index >= 15 is 0 Å². The molecular weight excluding hydrogens is 246 g/mol. The number of nitro benzene ring substituents is 1. The molecular formula is C13H17N3O3. The van der Waals surface area contributed by atoms with Crippen molar-refractivity contribution in [3.8, 4) is 0 Å². The number of hydrogen-bond donors (Lipinski definition) is 2. The number of anilines is 1. The lowest BCUT2D eigenvalue weighted by molar-refractivity contribution is -0.385. The van der Waals surface area contributed by atoms with Gasteiger partial charge in [-0.2, -0.15) is 0 Å². The zero-order chi connectivity index (χ0) is 14.0. The maximum atomic E-state index is 12.2. The van der Waals surface area contributed by atoms with Crippen LogP contribution in [0.1, 0.15) is 36.5 Å². The molecule has 0 spiro atoms. The van der Waals surface area contributed by atoms with Gasteiger partial charge >= 0.3 is 0 Å². The van der Waals surface area contributed by atoms with Gasteiger partial charge in [0.1, 0.15) is 5.56 Å². The van der Waals surface area contributed by atoms with Crippen molar-refractivity contribution in [1.29, 1.82) is 0 Å². The molecule has 1 aliphatic carbocycles. The van der Waals surface area contributed by atoms with Gasteiger partial charge in [0.15, 0.2) is 0 Å². The third kappa shape index (κ3) is 2.83. The van der Waals surface area contributed by atoms with Gasteiger partial charge in [-0.1, -0.05) is 13.3 Å². The molecule has 19 heavy (non-hydrogen) atoms. The molecule has 0 radical (unpaired) electrons. The molecule has 0 aliphatic heterocycles. The predicted molar refractivity (Wildman–Crippen MR) is 71.8 cm³/mol. The van der Waals surface area contributed by atoms with E-state index in [0.29, 0.717) is 11.6 Å². The van der Waals surface area contributed by atoms with Gasteiger partial charge in [0.25, 0.3) is 11.6 Å². The number of nitrogens with zero attached hydrogens (tertiary/aromatic N) is 1. The first kappa shape index (κ1) is 13.3. The molecule has 6 nitrogen and oxygen atoms in total. The number of nitrogen functional groups attached to an aromatic ring is 1. The van der Waals surface area contributed by atoms with Crippen molar-refractivity contribution < 1.29 is 9.72 Å². The largest absolute Gasteiger partial charge is 0.399 e. The first-order valence-electron chi connectivity index (χ1n) is 6.34. The standard InChI is InChI=1S/C13H17N3O3/c1-8-3-2-4-11(8)15-13(17)10-7-9(14)5-6-12(10)16(18)19/h5-8,11H,2-4,14H2,1H3,(H,15,17). The van der Waals surface area contributed by atoms with E-state index in [0.717, 1.165) is 19.3 Å². The second-order valence-corrected chi connectivity index (χ2v) is 5.02. The first-order chi connectivity index (χ1) is 8.99. The Labute approximate surface area is 111 Å². The molecule has 1 saturated carbocycles. The van der Waals surface area contributed by atoms with E-state index in [1.54, 1.807) is 0 Å². The minimum Gasteiger partial charge on any atom is -0.399 e. The molecule has 3 N–H and O–H groups in total. The van der Waals surface area contributed by atoms with Gasteiger partial charge in [-0.3, -0.25) is 14.9 Å². The zero-order valence-corrected chi connectivity index (χ0v) is 10.8. The molecule has 0 saturated heterocycles. The lowest BCUT2D eigenvalue weighted by Gasteiger charge is -2.17. The monoisotopic (exact) mass is 263 g/mol. The van der Waals surface area contributed by atoms with E-state index in [9.17, 15) is 14.9 Å². The summed E-state index contributed by atoms with van der Waals surface area (Å²) in [4.78, 5) is 22.5. The van der Waals surface area contributed by atoms with Crippen molar-refractivity contribution in [1.82, 2.24) is 5.32 Å². The Balaban J connectivity index is 2.22. The number of hydrogen-bond acceptors (Lipinski definition) is 4. The maximum absolute atomic E-state index is 12.2. The zero-order valence-electron chi connectivity index (χ0n) is 10.8. The molecule has 6 heteroatoms. The highest BCUT2D eigenvalue weighted by Crippen LogP contribution is 2.26. The maximum Gasteiger partial charge on any atom is 0.282 e. The van der Waals surface area contributed by atoms with Crippen LogP contribution >= 0.6 is 0 Å². The van der Waals surface area contributed by atoms with Crippen molar-refractivity contribution in [2.45, 2.75) is 32.2 Å². The molecule has 0 aromatic heterocycles.